The molecule has 3 aliphatic heterocycles. The Bertz CT molecular complexity index is 533. The number of rotatable bonds is 3. The molecule has 6 atom stereocenters. The van der Waals surface area contributed by atoms with Gasteiger partial charge in [-0.3, -0.25) is 15.4 Å². The molecule has 0 amide bonds. The minimum absolute atomic E-state index is 0.0380. The molecule has 5 nitrogen and oxygen atoms in total. The minimum atomic E-state index is -0.579. The lowest BCUT2D eigenvalue weighted by Gasteiger charge is -2.38. The lowest BCUT2D eigenvalue weighted by atomic mass is 9.68. The number of fused-ring (bicyclic) bond motifs is 6. The van der Waals surface area contributed by atoms with Gasteiger partial charge in [0.05, 0.1) is 12.8 Å². The number of alkyl halides is 1. The van der Waals surface area contributed by atoms with Crippen LogP contribution in [0.5, 0.6) is 0 Å². The lowest BCUT2D eigenvalue weighted by molar-refractivity contribution is -0.193. The van der Waals surface area contributed by atoms with Crippen molar-refractivity contribution >= 4 is 28.6 Å². The van der Waals surface area contributed by atoms with Gasteiger partial charge in [-0.05, 0) is 43.9 Å². The van der Waals surface area contributed by atoms with Crippen molar-refractivity contribution < 1.29 is 14.3 Å². The highest BCUT2D eigenvalue weighted by Crippen LogP contribution is 2.64. The molecule has 0 radical (unpaired) electrons. The quantitative estimate of drug-likeness (QED) is 0.322. The molecule has 5 rings (SSSR count). The third-order valence-corrected chi connectivity index (χ3v) is 8.30. The van der Waals surface area contributed by atoms with Crippen molar-refractivity contribution in [3.8, 4) is 0 Å². The molecule has 0 aromatic carbocycles. The van der Waals surface area contributed by atoms with E-state index >= 15 is 0 Å². The summed E-state index contributed by atoms with van der Waals surface area (Å²) < 4.78 is 11.2. The fourth-order valence-corrected chi connectivity index (χ4v) is 6.00. The molecular formula is C15H21IN2O3. The Morgan fingerprint density at radius 3 is 2.81 bits per heavy atom. The van der Waals surface area contributed by atoms with Crippen LogP contribution in [0.2, 0.25) is 0 Å². The summed E-state index contributed by atoms with van der Waals surface area (Å²) in [7, 11) is 0. The number of hydrogen-bond acceptors (Lipinski definition) is 5. The number of esters is 1. The van der Waals surface area contributed by atoms with Crippen molar-refractivity contribution in [3.05, 3.63) is 0 Å². The summed E-state index contributed by atoms with van der Waals surface area (Å²) in [5, 5.41) is 6.55. The van der Waals surface area contributed by atoms with Crippen LogP contribution in [0.25, 0.3) is 0 Å². The van der Waals surface area contributed by atoms with Gasteiger partial charge in [-0.2, -0.15) is 0 Å². The zero-order valence-electron chi connectivity index (χ0n) is 12.3. The number of ether oxygens (including phenoxy) is 2. The van der Waals surface area contributed by atoms with E-state index < -0.39 is 3.42 Å². The van der Waals surface area contributed by atoms with Gasteiger partial charge in [-0.15, -0.1) is 0 Å². The molecule has 0 aromatic heterocycles. The zero-order chi connectivity index (χ0) is 14.6. The molecule has 5 aliphatic rings. The number of hydrogen-bond donors (Lipinski definition) is 2. The molecular weight excluding hydrogens is 383 g/mol. The van der Waals surface area contributed by atoms with Crippen LogP contribution in [0.15, 0.2) is 0 Å². The number of halogens is 1. The third-order valence-electron chi connectivity index (χ3n) is 7.00. The fourth-order valence-electron chi connectivity index (χ4n) is 5.25. The maximum Gasteiger partial charge on any atom is 0.327 e. The van der Waals surface area contributed by atoms with Gasteiger partial charge in [-0.1, -0.05) is 29.5 Å². The van der Waals surface area contributed by atoms with E-state index in [-0.39, 0.29) is 23.3 Å². The van der Waals surface area contributed by atoms with Crippen LogP contribution >= 0.6 is 22.6 Å². The highest BCUT2D eigenvalue weighted by Gasteiger charge is 2.81. The van der Waals surface area contributed by atoms with E-state index in [1.807, 2.05) is 6.92 Å². The Hall–Kier alpha value is 0.0800. The summed E-state index contributed by atoms with van der Waals surface area (Å²) in [5.41, 5.74) is -0.186. The van der Waals surface area contributed by atoms with Gasteiger partial charge in [0.1, 0.15) is 5.66 Å². The molecule has 2 N–H and O–H groups in total. The molecule has 21 heavy (non-hydrogen) atoms. The SMILES string of the molecule is CC12C3CCC(C3)C1COC2OC(=O)C(C)(I)C12NC1N2. The molecule has 3 saturated heterocycles. The Morgan fingerprint density at radius 1 is 1.43 bits per heavy atom. The smallest absolute Gasteiger partial charge is 0.327 e. The second-order valence-electron chi connectivity index (χ2n) is 7.85. The van der Waals surface area contributed by atoms with Gasteiger partial charge in [0.2, 0.25) is 6.29 Å². The normalized spacial score (nSPS) is 58.3. The van der Waals surface area contributed by atoms with Crippen molar-refractivity contribution in [1.29, 1.82) is 0 Å². The first kappa shape index (κ1) is 13.5. The van der Waals surface area contributed by atoms with Crippen LogP contribution in [0, 0.1) is 23.2 Å². The third kappa shape index (κ3) is 1.46. The van der Waals surface area contributed by atoms with Crippen molar-refractivity contribution in [2.24, 2.45) is 23.2 Å². The van der Waals surface area contributed by atoms with E-state index in [9.17, 15) is 4.79 Å². The first-order valence-electron chi connectivity index (χ1n) is 7.96. The van der Waals surface area contributed by atoms with Gasteiger partial charge >= 0.3 is 5.97 Å². The van der Waals surface area contributed by atoms with Gasteiger partial charge in [0, 0.05) is 5.41 Å². The first-order valence-corrected chi connectivity index (χ1v) is 9.04. The van der Waals surface area contributed by atoms with E-state index in [1.54, 1.807) is 0 Å². The molecule has 5 fully saturated rings. The zero-order valence-corrected chi connectivity index (χ0v) is 14.5. The highest BCUT2D eigenvalue weighted by atomic mass is 127. The Balaban J connectivity index is 1.36. The average molecular weight is 404 g/mol. The Morgan fingerprint density at radius 2 is 2.14 bits per heavy atom. The van der Waals surface area contributed by atoms with Crippen LogP contribution in [-0.4, -0.2) is 34.1 Å². The molecule has 2 saturated carbocycles. The minimum Gasteiger partial charge on any atom is -0.434 e. The molecule has 2 aliphatic carbocycles. The molecule has 0 aromatic rings. The summed E-state index contributed by atoms with van der Waals surface area (Å²) >= 11 is 2.21. The van der Waals surface area contributed by atoms with Crippen LogP contribution in [0.1, 0.15) is 33.1 Å². The van der Waals surface area contributed by atoms with Gasteiger partial charge in [0.15, 0.2) is 3.42 Å². The van der Waals surface area contributed by atoms with Crippen molar-refractivity contribution in [1.82, 2.24) is 10.6 Å². The molecule has 116 valence electrons. The van der Waals surface area contributed by atoms with Crippen molar-refractivity contribution in [3.63, 3.8) is 0 Å². The highest BCUT2D eigenvalue weighted by molar-refractivity contribution is 14.1. The molecule has 2 bridgehead atoms. The summed E-state index contributed by atoms with van der Waals surface area (Å²) in [5.74, 6) is 1.88. The largest absolute Gasteiger partial charge is 0.434 e. The second kappa shape index (κ2) is 3.76. The van der Waals surface area contributed by atoms with Crippen LogP contribution in [-0.2, 0) is 14.3 Å². The van der Waals surface area contributed by atoms with Gasteiger partial charge < -0.3 is 9.47 Å². The summed E-state index contributed by atoms with van der Waals surface area (Å²) in [6.07, 6.45) is 3.84. The average Bonchev–Trinajstić information content (AvgIpc) is 3.14. The first-order chi connectivity index (χ1) is 9.89. The molecule has 0 spiro atoms. The van der Waals surface area contributed by atoms with E-state index in [0.29, 0.717) is 18.0 Å². The lowest BCUT2D eigenvalue weighted by Crippen LogP contribution is -2.50. The van der Waals surface area contributed by atoms with Gasteiger partial charge in [0.25, 0.3) is 0 Å². The standard InChI is InChI=1S/C15H21IN2O3/c1-13-8-4-3-7(5-8)9(13)6-20-12(13)21-11(19)14(2,16)15-10(17-15)18-15/h7-10,12,17-18H,3-6H2,1-2H3. The van der Waals surface area contributed by atoms with Crippen LogP contribution < -0.4 is 10.6 Å². The summed E-state index contributed by atoms with van der Waals surface area (Å²) in [6, 6.07) is 0. The predicted molar refractivity (Wildman–Crippen MR) is 83.5 cm³/mol. The molecule has 6 heteroatoms. The van der Waals surface area contributed by atoms with Crippen molar-refractivity contribution in [2.45, 2.75) is 54.7 Å². The van der Waals surface area contributed by atoms with Crippen molar-refractivity contribution in [2.75, 3.05) is 6.61 Å². The van der Waals surface area contributed by atoms with Crippen LogP contribution in [0.3, 0.4) is 0 Å². The topological polar surface area (TPSA) is 79.4 Å². The number of carbonyl (C=O) groups excluding carboxylic acids is 1. The van der Waals surface area contributed by atoms with Gasteiger partial charge in [-0.25, -0.2) is 0 Å². The summed E-state index contributed by atoms with van der Waals surface area (Å²) in [4.78, 5) is 12.7. The predicted octanol–water partition coefficient (Wildman–Crippen LogP) is 1.36. The monoisotopic (exact) mass is 404 g/mol. The second-order valence-corrected chi connectivity index (χ2v) is 10.0. The Labute approximate surface area is 138 Å². The van der Waals surface area contributed by atoms with E-state index in [1.165, 1.54) is 19.3 Å². The molecule has 3 heterocycles. The number of nitrogens with one attached hydrogen (secondary N) is 2. The van der Waals surface area contributed by atoms with E-state index in [0.717, 1.165) is 12.5 Å². The Kier molecular flexibility index (Phi) is 2.42. The fraction of sp³-hybridized carbons (Fsp3) is 0.933. The summed E-state index contributed by atoms with van der Waals surface area (Å²) in [6.45, 7) is 4.99. The van der Waals surface area contributed by atoms with E-state index in [4.69, 9.17) is 9.47 Å². The maximum atomic E-state index is 12.7. The maximum absolute atomic E-state index is 12.7. The number of carbonyl (C=O) groups is 1. The van der Waals surface area contributed by atoms with Crippen LogP contribution in [0.4, 0.5) is 0 Å². The molecule has 6 unspecified atom stereocenters. The van der Waals surface area contributed by atoms with E-state index in [2.05, 4.69) is 40.1 Å².